The number of carbonyl (C=O) groups is 1. The molecule has 0 unspecified atom stereocenters. The third-order valence-corrected chi connectivity index (χ3v) is 7.84. The van der Waals surface area contributed by atoms with Crippen LogP contribution in [0.5, 0.6) is 0 Å². The Hall–Kier alpha value is -2.75. The molecular formula is C27H30N2O2. The van der Waals surface area contributed by atoms with Crippen molar-refractivity contribution >= 4 is 28.6 Å². The minimum Gasteiger partial charge on any atom is -0.465 e. The molecule has 0 radical (unpaired) electrons. The van der Waals surface area contributed by atoms with Crippen LogP contribution < -0.4 is 10.6 Å². The number of hydrogen-bond acceptors (Lipinski definition) is 2. The highest BCUT2D eigenvalue weighted by Crippen LogP contribution is 2.43. The highest BCUT2D eigenvalue weighted by molar-refractivity contribution is 5.92. The lowest BCUT2D eigenvalue weighted by atomic mass is 9.82. The summed E-state index contributed by atoms with van der Waals surface area (Å²) in [6, 6.07) is 9.25. The number of aromatic amines is 1. The largest absolute Gasteiger partial charge is 0.465 e. The maximum atomic E-state index is 12.6. The number of benzene rings is 1. The van der Waals surface area contributed by atoms with E-state index >= 15 is 0 Å². The summed E-state index contributed by atoms with van der Waals surface area (Å²) < 4.78 is 7.55. The minimum atomic E-state index is -0.269. The number of para-hydroxylation sites is 1. The first kappa shape index (κ1) is 19.0. The van der Waals surface area contributed by atoms with Gasteiger partial charge in [0.15, 0.2) is 0 Å². The van der Waals surface area contributed by atoms with Crippen LogP contribution in [0.3, 0.4) is 0 Å². The second-order valence-electron chi connectivity index (χ2n) is 9.49. The fourth-order valence-electron chi connectivity index (χ4n) is 6.36. The fraction of sp³-hybridized carbons (Fsp3) is 0.444. The SMILES string of the molecule is COC(=O)c1c[nH]c2c1=Cn1c(cc3cccc(C4CCCCC4)c31)[C@H]1CCCCC=21. The molecule has 2 saturated carbocycles. The number of H-pyrrole nitrogens is 1. The number of carbonyl (C=O) groups excluding carboxylic acids is 1. The second kappa shape index (κ2) is 7.44. The molecule has 3 heterocycles. The third kappa shape index (κ3) is 2.91. The van der Waals surface area contributed by atoms with Crippen molar-refractivity contribution in [2.24, 2.45) is 0 Å². The first-order valence-electron chi connectivity index (χ1n) is 11.9. The average molecular weight is 415 g/mol. The van der Waals surface area contributed by atoms with Gasteiger partial charge < -0.3 is 14.3 Å². The summed E-state index contributed by atoms with van der Waals surface area (Å²) in [7, 11) is 1.46. The van der Waals surface area contributed by atoms with Crippen LogP contribution in [0.15, 0.2) is 30.5 Å². The van der Waals surface area contributed by atoms with E-state index in [-0.39, 0.29) is 5.97 Å². The van der Waals surface area contributed by atoms with Crippen molar-refractivity contribution in [1.82, 2.24) is 9.55 Å². The van der Waals surface area contributed by atoms with Gasteiger partial charge in [0.1, 0.15) is 0 Å². The molecule has 2 aliphatic carbocycles. The van der Waals surface area contributed by atoms with Crippen molar-refractivity contribution in [3.8, 4) is 0 Å². The molecule has 0 saturated heterocycles. The van der Waals surface area contributed by atoms with E-state index in [1.54, 1.807) is 0 Å². The van der Waals surface area contributed by atoms with Crippen LogP contribution in [0.4, 0.5) is 0 Å². The van der Waals surface area contributed by atoms with Crippen LogP contribution in [0.1, 0.15) is 91.2 Å². The van der Waals surface area contributed by atoms with Crippen molar-refractivity contribution in [1.29, 1.82) is 0 Å². The van der Waals surface area contributed by atoms with Crippen LogP contribution >= 0.6 is 0 Å². The molecule has 6 rings (SSSR count). The van der Waals surface area contributed by atoms with Gasteiger partial charge >= 0.3 is 5.97 Å². The lowest BCUT2D eigenvalue weighted by Crippen LogP contribution is -2.31. The summed E-state index contributed by atoms with van der Waals surface area (Å²) in [6.07, 6.45) is 15.4. The topological polar surface area (TPSA) is 47.0 Å². The van der Waals surface area contributed by atoms with E-state index in [4.69, 9.17) is 4.74 Å². The van der Waals surface area contributed by atoms with E-state index in [1.807, 2.05) is 6.20 Å². The highest BCUT2D eigenvalue weighted by Gasteiger charge is 2.30. The average Bonchev–Trinajstić information content (AvgIpc) is 3.38. The van der Waals surface area contributed by atoms with E-state index in [2.05, 4.69) is 40.0 Å². The molecule has 0 amide bonds. The first-order valence-corrected chi connectivity index (χ1v) is 11.9. The summed E-state index contributed by atoms with van der Waals surface area (Å²) in [5.41, 5.74) is 6.30. The molecule has 0 spiro atoms. The van der Waals surface area contributed by atoms with Crippen molar-refractivity contribution in [2.75, 3.05) is 7.11 Å². The maximum absolute atomic E-state index is 12.6. The molecule has 3 aliphatic rings. The second-order valence-corrected chi connectivity index (χ2v) is 9.49. The zero-order valence-electron chi connectivity index (χ0n) is 18.2. The molecule has 0 bridgehead atoms. The molecule has 3 aromatic rings. The Kier molecular flexibility index (Phi) is 4.55. The minimum absolute atomic E-state index is 0.269. The molecule has 31 heavy (non-hydrogen) atoms. The van der Waals surface area contributed by atoms with Crippen LogP contribution in [0, 0.1) is 0 Å². The van der Waals surface area contributed by atoms with Gasteiger partial charge in [0.2, 0.25) is 0 Å². The van der Waals surface area contributed by atoms with Crippen LogP contribution in [-0.2, 0) is 4.74 Å². The smallest absolute Gasteiger partial charge is 0.340 e. The number of hydrogen-bond donors (Lipinski definition) is 1. The fourth-order valence-corrected chi connectivity index (χ4v) is 6.36. The summed E-state index contributed by atoms with van der Waals surface area (Å²) >= 11 is 0. The number of nitrogens with zero attached hydrogens (tertiary/aromatic N) is 1. The first-order chi connectivity index (χ1) is 15.3. The van der Waals surface area contributed by atoms with Crippen molar-refractivity contribution in [3.05, 3.63) is 57.9 Å². The number of rotatable bonds is 2. The molecule has 1 atom stereocenters. The summed E-state index contributed by atoms with van der Waals surface area (Å²) in [5, 5.41) is 3.46. The molecule has 1 N–H and O–H groups in total. The molecule has 160 valence electrons. The Labute approximate surface area is 182 Å². The molecule has 2 fully saturated rings. The zero-order valence-corrected chi connectivity index (χ0v) is 18.2. The summed E-state index contributed by atoms with van der Waals surface area (Å²) in [4.78, 5) is 16.0. The molecule has 1 aliphatic heterocycles. The Balaban J connectivity index is 1.67. The van der Waals surface area contributed by atoms with Crippen molar-refractivity contribution in [2.45, 2.75) is 69.6 Å². The normalized spacial score (nSPS) is 21.1. The van der Waals surface area contributed by atoms with Gasteiger partial charge in [-0.3, -0.25) is 0 Å². The Morgan fingerprint density at radius 2 is 1.94 bits per heavy atom. The lowest BCUT2D eigenvalue weighted by Gasteiger charge is -2.26. The van der Waals surface area contributed by atoms with Gasteiger partial charge in [-0.15, -0.1) is 0 Å². The number of nitrogens with one attached hydrogen (secondary N) is 1. The molecule has 4 nitrogen and oxygen atoms in total. The highest BCUT2D eigenvalue weighted by atomic mass is 16.5. The Bertz CT molecular complexity index is 1290. The Morgan fingerprint density at radius 3 is 2.77 bits per heavy atom. The number of fused-ring (bicyclic) bond motifs is 6. The molecule has 4 heteroatoms. The van der Waals surface area contributed by atoms with Crippen molar-refractivity contribution < 1.29 is 9.53 Å². The zero-order chi connectivity index (χ0) is 20.9. The number of methoxy groups -OCH3 is 1. The number of ether oxygens (including phenoxy) is 1. The number of esters is 1. The standard InChI is InChI=1S/C27H30N2O2/c1-31-27(30)22-15-28-25-21-12-6-5-11-20(21)24-14-18-10-7-13-19(17-8-3-2-4-9-17)26(18)29(24)16-23(22)25/h7,10,13-17,20,28H,2-6,8-9,11-12H2,1H3/t20-/m0/s1. The van der Waals surface area contributed by atoms with Gasteiger partial charge in [-0.1, -0.05) is 43.9 Å². The summed E-state index contributed by atoms with van der Waals surface area (Å²) in [5.74, 6) is 0.768. The van der Waals surface area contributed by atoms with Crippen LogP contribution in [0.25, 0.3) is 22.7 Å². The van der Waals surface area contributed by atoms with Gasteiger partial charge in [-0.25, -0.2) is 4.79 Å². The van der Waals surface area contributed by atoms with Gasteiger partial charge in [0, 0.05) is 40.0 Å². The predicted octanol–water partition coefficient (Wildman–Crippen LogP) is 4.91. The third-order valence-electron chi connectivity index (χ3n) is 7.84. The molecular weight excluding hydrogens is 384 g/mol. The van der Waals surface area contributed by atoms with E-state index in [0.29, 0.717) is 17.4 Å². The molecule has 1 aromatic carbocycles. The quantitative estimate of drug-likeness (QED) is 0.606. The van der Waals surface area contributed by atoms with E-state index in [1.165, 1.54) is 86.2 Å². The lowest BCUT2D eigenvalue weighted by molar-refractivity contribution is 0.0599. The van der Waals surface area contributed by atoms with Crippen LogP contribution in [-0.4, -0.2) is 22.6 Å². The van der Waals surface area contributed by atoms with Crippen LogP contribution in [0.2, 0.25) is 0 Å². The van der Waals surface area contributed by atoms with E-state index in [0.717, 1.165) is 17.0 Å². The predicted molar refractivity (Wildman–Crippen MR) is 124 cm³/mol. The summed E-state index contributed by atoms with van der Waals surface area (Å²) in [6.45, 7) is 0. The number of aromatic nitrogens is 2. The van der Waals surface area contributed by atoms with Crippen molar-refractivity contribution in [3.63, 3.8) is 0 Å². The monoisotopic (exact) mass is 414 g/mol. The van der Waals surface area contributed by atoms with E-state index < -0.39 is 0 Å². The van der Waals surface area contributed by atoms with Gasteiger partial charge in [0.05, 0.1) is 18.2 Å². The van der Waals surface area contributed by atoms with Gasteiger partial charge in [0.25, 0.3) is 0 Å². The van der Waals surface area contributed by atoms with Gasteiger partial charge in [-0.2, -0.15) is 0 Å². The van der Waals surface area contributed by atoms with E-state index in [9.17, 15) is 4.79 Å². The van der Waals surface area contributed by atoms with Gasteiger partial charge in [-0.05, 0) is 55.2 Å². The maximum Gasteiger partial charge on any atom is 0.340 e. The molecule has 2 aromatic heterocycles. The Morgan fingerprint density at radius 1 is 1.10 bits per heavy atom.